The minimum atomic E-state index is -0.313. The molecule has 31 heavy (non-hydrogen) atoms. The molecule has 4 nitrogen and oxygen atoms in total. The highest BCUT2D eigenvalue weighted by molar-refractivity contribution is 5.85. The van der Waals surface area contributed by atoms with Crippen LogP contribution in [0.25, 0.3) is 10.8 Å². The summed E-state index contributed by atoms with van der Waals surface area (Å²) in [7, 11) is 0. The SMILES string of the molecule is CC1C(OCc2cccc3ccccc23)OC2C[C@]3(C)CCC4[C@H](C)CCC1[C@@]24OO3. The molecular formula is C27H34O4. The van der Waals surface area contributed by atoms with Crippen LogP contribution in [-0.4, -0.2) is 23.6 Å². The van der Waals surface area contributed by atoms with Crippen LogP contribution in [0, 0.1) is 23.7 Å². The van der Waals surface area contributed by atoms with Crippen LogP contribution in [0.4, 0.5) is 0 Å². The molecule has 1 spiro atoms. The molecule has 0 radical (unpaired) electrons. The molecule has 0 amide bonds. The Morgan fingerprint density at radius 2 is 1.81 bits per heavy atom. The average molecular weight is 423 g/mol. The maximum absolute atomic E-state index is 6.76. The lowest BCUT2D eigenvalue weighted by atomic mass is 9.56. The van der Waals surface area contributed by atoms with Gasteiger partial charge in [-0.3, -0.25) is 0 Å². The first-order valence-corrected chi connectivity index (χ1v) is 12.1. The lowest BCUT2D eigenvalue weighted by Crippen LogP contribution is -2.69. The molecule has 2 aromatic rings. The zero-order valence-electron chi connectivity index (χ0n) is 18.9. The zero-order chi connectivity index (χ0) is 21.2. The topological polar surface area (TPSA) is 36.9 Å². The van der Waals surface area contributed by atoms with Crippen molar-refractivity contribution in [3.05, 3.63) is 48.0 Å². The summed E-state index contributed by atoms with van der Waals surface area (Å²) in [5, 5.41) is 2.51. The van der Waals surface area contributed by atoms with Crippen molar-refractivity contribution in [3.63, 3.8) is 0 Å². The predicted molar refractivity (Wildman–Crippen MR) is 119 cm³/mol. The summed E-state index contributed by atoms with van der Waals surface area (Å²) < 4.78 is 13.3. The molecule has 5 aliphatic rings. The molecule has 2 saturated carbocycles. The van der Waals surface area contributed by atoms with Crippen LogP contribution < -0.4 is 0 Å². The highest BCUT2D eigenvalue weighted by atomic mass is 17.2. The van der Waals surface area contributed by atoms with E-state index in [9.17, 15) is 0 Å². The first-order chi connectivity index (χ1) is 15.0. The molecule has 5 unspecified atom stereocenters. The van der Waals surface area contributed by atoms with Crippen molar-refractivity contribution >= 4 is 10.8 Å². The van der Waals surface area contributed by atoms with Gasteiger partial charge in [0.05, 0.1) is 12.7 Å². The first-order valence-electron chi connectivity index (χ1n) is 12.1. The number of hydrogen-bond acceptors (Lipinski definition) is 4. The van der Waals surface area contributed by atoms with Crippen LogP contribution in [0.5, 0.6) is 0 Å². The van der Waals surface area contributed by atoms with Gasteiger partial charge in [-0.15, -0.1) is 0 Å². The fourth-order valence-corrected chi connectivity index (χ4v) is 7.20. The third kappa shape index (κ3) is 3.02. The lowest BCUT2D eigenvalue weighted by molar-refractivity contribution is -0.496. The van der Waals surface area contributed by atoms with E-state index in [-0.39, 0.29) is 29.5 Å². The molecule has 4 heteroatoms. The molecule has 2 aromatic carbocycles. The van der Waals surface area contributed by atoms with Gasteiger partial charge in [-0.1, -0.05) is 56.3 Å². The number of rotatable bonds is 3. The van der Waals surface area contributed by atoms with Crippen LogP contribution >= 0.6 is 0 Å². The molecule has 0 N–H and O–H groups in total. The molecule has 166 valence electrons. The molecule has 2 aliphatic carbocycles. The van der Waals surface area contributed by atoms with Gasteiger partial charge in [-0.25, -0.2) is 9.78 Å². The van der Waals surface area contributed by atoms with Gasteiger partial charge in [0, 0.05) is 18.3 Å². The van der Waals surface area contributed by atoms with Crippen molar-refractivity contribution in [3.8, 4) is 0 Å². The molecule has 8 atom stereocenters. The van der Waals surface area contributed by atoms with E-state index in [1.54, 1.807) is 0 Å². The maximum atomic E-state index is 6.76. The van der Waals surface area contributed by atoms with E-state index < -0.39 is 0 Å². The molecule has 0 aromatic heterocycles. The van der Waals surface area contributed by atoms with Gasteiger partial charge < -0.3 is 9.47 Å². The number of ether oxygens (including phenoxy) is 2. The van der Waals surface area contributed by atoms with E-state index in [0.717, 1.165) is 19.3 Å². The Balaban J connectivity index is 1.29. The standard InChI is InChI=1S/C27H34O4/c1-17-11-12-23-18(2)25(28-16-20-9-6-8-19-7-4-5-10-21(19)20)29-24-15-26(3)14-13-22(17)27(23,24)31-30-26/h4-10,17-18,22-25H,11-16H2,1-3H3/t17-,18?,22?,23?,24?,25?,26+,27-/m1/s1. The first kappa shape index (κ1) is 20.2. The van der Waals surface area contributed by atoms with Gasteiger partial charge in [0.15, 0.2) is 6.29 Å². The van der Waals surface area contributed by atoms with Crippen LogP contribution in [0.3, 0.4) is 0 Å². The Kier molecular flexibility index (Phi) is 4.73. The second-order valence-corrected chi connectivity index (χ2v) is 10.8. The highest BCUT2D eigenvalue weighted by Crippen LogP contribution is 2.61. The Labute approximate surface area is 185 Å². The predicted octanol–water partition coefficient (Wildman–Crippen LogP) is 6.02. The lowest BCUT2D eigenvalue weighted by Gasteiger charge is -2.61. The van der Waals surface area contributed by atoms with Crippen molar-refractivity contribution in [2.75, 3.05) is 0 Å². The van der Waals surface area contributed by atoms with Gasteiger partial charge in [0.1, 0.15) is 11.2 Å². The summed E-state index contributed by atoms with van der Waals surface area (Å²) in [6.07, 6.45) is 5.36. The zero-order valence-corrected chi connectivity index (χ0v) is 18.9. The van der Waals surface area contributed by atoms with E-state index in [4.69, 9.17) is 19.2 Å². The van der Waals surface area contributed by atoms with E-state index >= 15 is 0 Å². The molecule has 3 aliphatic heterocycles. The van der Waals surface area contributed by atoms with Crippen LogP contribution in [-0.2, 0) is 25.9 Å². The summed E-state index contributed by atoms with van der Waals surface area (Å²) in [5.41, 5.74) is 0.656. The van der Waals surface area contributed by atoms with Gasteiger partial charge in [-0.05, 0) is 60.8 Å². The number of fused-ring (bicyclic) bond motifs is 3. The highest BCUT2D eigenvalue weighted by Gasteiger charge is 2.68. The van der Waals surface area contributed by atoms with Crippen molar-refractivity contribution in [1.82, 2.24) is 0 Å². The van der Waals surface area contributed by atoms with E-state index in [1.165, 1.54) is 29.2 Å². The quantitative estimate of drug-likeness (QED) is 0.567. The maximum Gasteiger partial charge on any atom is 0.161 e. The van der Waals surface area contributed by atoms with E-state index in [2.05, 4.69) is 63.2 Å². The number of hydrogen-bond donors (Lipinski definition) is 0. The minimum absolute atomic E-state index is 0.0419. The molecule has 3 saturated heterocycles. The van der Waals surface area contributed by atoms with Gasteiger partial charge in [0.25, 0.3) is 0 Å². The van der Waals surface area contributed by atoms with Gasteiger partial charge in [0.2, 0.25) is 0 Å². The largest absolute Gasteiger partial charge is 0.348 e. The fourth-order valence-electron chi connectivity index (χ4n) is 7.20. The van der Waals surface area contributed by atoms with Crippen LogP contribution in [0.15, 0.2) is 42.5 Å². The summed E-state index contributed by atoms with van der Waals surface area (Å²) in [6, 6.07) is 15.0. The van der Waals surface area contributed by atoms with E-state index in [1.807, 2.05) is 0 Å². The second kappa shape index (κ2) is 7.28. The Hall–Kier alpha value is -1.46. The van der Waals surface area contributed by atoms with Crippen molar-refractivity contribution in [2.45, 2.75) is 83.1 Å². The monoisotopic (exact) mass is 422 g/mol. The van der Waals surface area contributed by atoms with Crippen molar-refractivity contribution in [1.29, 1.82) is 0 Å². The summed E-state index contributed by atoms with van der Waals surface area (Å²) >= 11 is 0. The molecule has 2 bridgehead atoms. The van der Waals surface area contributed by atoms with Gasteiger partial charge in [-0.2, -0.15) is 0 Å². The molecule has 5 fully saturated rings. The smallest absolute Gasteiger partial charge is 0.161 e. The molecule has 7 rings (SSSR count). The van der Waals surface area contributed by atoms with Crippen molar-refractivity contribution in [2.24, 2.45) is 23.7 Å². The third-order valence-corrected chi connectivity index (χ3v) is 8.92. The Morgan fingerprint density at radius 1 is 0.968 bits per heavy atom. The van der Waals surface area contributed by atoms with Crippen LogP contribution in [0.1, 0.15) is 58.4 Å². The fraction of sp³-hybridized carbons (Fsp3) is 0.630. The number of benzene rings is 2. The normalized spacial score (nSPS) is 44.1. The Morgan fingerprint density at radius 3 is 2.71 bits per heavy atom. The average Bonchev–Trinajstić information content (AvgIpc) is 3.01. The van der Waals surface area contributed by atoms with Gasteiger partial charge >= 0.3 is 0 Å². The van der Waals surface area contributed by atoms with E-state index in [0.29, 0.717) is 24.4 Å². The summed E-state index contributed by atoms with van der Waals surface area (Å²) in [4.78, 5) is 12.5. The molecular weight excluding hydrogens is 388 g/mol. The molecule has 3 heterocycles. The minimum Gasteiger partial charge on any atom is -0.348 e. The summed E-state index contributed by atoms with van der Waals surface area (Å²) in [6.45, 7) is 7.44. The Bertz CT molecular complexity index is 969. The third-order valence-electron chi connectivity index (χ3n) is 8.92. The summed E-state index contributed by atoms with van der Waals surface area (Å²) in [5.74, 6) is 1.83. The second-order valence-electron chi connectivity index (χ2n) is 10.8. The van der Waals surface area contributed by atoms with Crippen LogP contribution in [0.2, 0.25) is 0 Å². The van der Waals surface area contributed by atoms with Crippen molar-refractivity contribution < 1.29 is 19.2 Å².